The summed E-state index contributed by atoms with van der Waals surface area (Å²) in [7, 11) is 0. The number of alkyl halides is 2. The van der Waals surface area contributed by atoms with Crippen molar-refractivity contribution in [1.29, 1.82) is 0 Å². The second-order valence-corrected chi connectivity index (χ2v) is 8.16. The highest BCUT2D eigenvalue weighted by Gasteiger charge is 2.32. The van der Waals surface area contributed by atoms with Gasteiger partial charge in [-0.2, -0.15) is 8.78 Å². The number of guanidine groups is 1. The topological polar surface area (TPSA) is 66.0 Å². The molecule has 3 rings (SSSR count). The number of nitrogens with one attached hydrogen (secondary N) is 2. The van der Waals surface area contributed by atoms with Gasteiger partial charge < -0.3 is 20.3 Å². The number of aliphatic imine (C=N–C) groups is 1. The van der Waals surface area contributed by atoms with Gasteiger partial charge in [0.25, 0.3) is 0 Å². The molecule has 0 spiro atoms. The van der Waals surface area contributed by atoms with Crippen LogP contribution in [-0.2, 0) is 11.3 Å². The SMILES string of the molecule is CCNC(=NCc1cc(Cl)ccc1OC(F)F)NC1CCN(C(=O)C2CCCC2)C1.I. The van der Waals surface area contributed by atoms with Crippen molar-refractivity contribution in [1.82, 2.24) is 15.5 Å². The van der Waals surface area contributed by atoms with Crippen LogP contribution in [0.25, 0.3) is 0 Å². The molecule has 2 fully saturated rings. The summed E-state index contributed by atoms with van der Waals surface area (Å²) in [6.07, 6.45) is 5.13. The molecule has 6 nitrogen and oxygen atoms in total. The van der Waals surface area contributed by atoms with E-state index in [2.05, 4.69) is 20.4 Å². The van der Waals surface area contributed by atoms with Crippen molar-refractivity contribution in [2.24, 2.45) is 10.9 Å². The van der Waals surface area contributed by atoms with Gasteiger partial charge in [-0.15, -0.1) is 24.0 Å². The fourth-order valence-electron chi connectivity index (χ4n) is 4.07. The van der Waals surface area contributed by atoms with E-state index in [1.165, 1.54) is 12.1 Å². The maximum absolute atomic E-state index is 12.7. The Morgan fingerprint density at radius 1 is 1.32 bits per heavy atom. The molecule has 1 aromatic rings. The number of halogens is 4. The molecule has 2 N–H and O–H groups in total. The third-order valence-corrected chi connectivity index (χ3v) is 5.77. The van der Waals surface area contributed by atoms with Crippen LogP contribution in [-0.4, -0.2) is 49.1 Å². The van der Waals surface area contributed by atoms with Crippen molar-refractivity contribution in [2.45, 2.75) is 58.2 Å². The van der Waals surface area contributed by atoms with E-state index in [4.69, 9.17) is 11.6 Å². The highest BCUT2D eigenvalue weighted by atomic mass is 127. The lowest BCUT2D eigenvalue weighted by Crippen LogP contribution is -2.45. The largest absolute Gasteiger partial charge is 0.434 e. The fourth-order valence-corrected chi connectivity index (χ4v) is 4.26. The molecule has 1 aliphatic carbocycles. The van der Waals surface area contributed by atoms with E-state index in [-0.39, 0.29) is 54.1 Å². The lowest BCUT2D eigenvalue weighted by Gasteiger charge is -2.21. The van der Waals surface area contributed by atoms with Gasteiger partial charge in [-0.1, -0.05) is 24.4 Å². The number of hydrogen-bond acceptors (Lipinski definition) is 3. The summed E-state index contributed by atoms with van der Waals surface area (Å²) >= 11 is 6.01. The Kier molecular flexibility index (Phi) is 10.5. The van der Waals surface area contributed by atoms with Crippen molar-refractivity contribution in [3.05, 3.63) is 28.8 Å². The van der Waals surface area contributed by atoms with E-state index in [0.717, 1.165) is 38.6 Å². The quantitative estimate of drug-likeness (QED) is 0.290. The van der Waals surface area contributed by atoms with Crippen molar-refractivity contribution < 1.29 is 18.3 Å². The van der Waals surface area contributed by atoms with Crippen LogP contribution in [0.2, 0.25) is 5.02 Å². The Balaban J connectivity index is 0.00000341. The second-order valence-electron chi connectivity index (χ2n) is 7.72. The first kappa shape index (κ1) is 25.9. The van der Waals surface area contributed by atoms with Gasteiger partial charge in [0, 0.05) is 42.2 Å². The van der Waals surface area contributed by atoms with Crippen molar-refractivity contribution >= 4 is 47.4 Å². The van der Waals surface area contributed by atoms with Crippen LogP contribution in [0.1, 0.15) is 44.6 Å². The molecule has 10 heteroatoms. The first-order valence-electron chi connectivity index (χ1n) is 10.5. The minimum Gasteiger partial charge on any atom is -0.434 e. The number of nitrogens with zero attached hydrogens (tertiary/aromatic N) is 2. The van der Waals surface area contributed by atoms with E-state index >= 15 is 0 Å². The smallest absolute Gasteiger partial charge is 0.387 e. The lowest BCUT2D eigenvalue weighted by molar-refractivity contribution is -0.134. The van der Waals surface area contributed by atoms with E-state index in [9.17, 15) is 13.6 Å². The summed E-state index contributed by atoms with van der Waals surface area (Å²) in [5.41, 5.74) is 0.476. The molecule has 2 aliphatic rings. The van der Waals surface area contributed by atoms with Crippen LogP contribution in [0.4, 0.5) is 8.78 Å². The Bertz CT molecular complexity index is 763. The summed E-state index contributed by atoms with van der Waals surface area (Å²) < 4.78 is 29.9. The maximum atomic E-state index is 12.7. The molecule has 1 saturated carbocycles. The molecule has 174 valence electrons. The van der Waals surface area contributed by atoms with Crippen LogP contribution in [0, 0.1) is 5.92 Å². The minimum absolute atomic E-state index is 0. The molecule has 1 saturated heterocycles. The summed E-state index contributed by atoms with van der Waals surface area (Å²) in [5.74, 6) is 1.08. The van der Waals surface area contributed by atoms with Crippen LogP contribution < -0.4 is 15.4 Å². The molecule has 1 amide bonds. The van der Waals surface area contributed by atoms with Gasteiger partial charge in [0.05, 0.1) is 6.54 Å². The lowest BCUT2D eigenvalue weighted by atomic mass is 10.1. The zero-order valence-electron chi connectivity index (χ0n) is 17.6. The van der Waals surface area contributed by atoms with E-state index in [1.54, 1.807) is 6.07 Å². The minimum atomic E-state index is -2.91. The van der Waals surface area contributed by atoms with Crippen LogP contribution in [0.5, 0.6) is 5.75 Å². The van der Waals surface area contributed by atoms with Gasteiger partial charge in [-0.25, -0.2) is 4.99 Å². The number of hydrogen-bond donors (Lipinski definition) is 2. The molecule has 1 aliphatic heterocycles. The van der Waals surface area contributed by atoms with Gasteiger partial charge in [0.15, 0.2) is 5.96 Å². The normalized spacial score (nSPS) is 19.5. The van der Waals surface area contributed by atoms with E-state index in [1.807, 2.05) is 11.8 Å². The summed E-state index contributed by atoms with van der Waals surface area (Å²) in [6.45, 7) is 1.22. The maximum Gasteiger partial charge on any atom is 0.387 e. The molecule has 0 aromatic heterocycles. The molecular weight excluding hydrogens is 541 g/mol. The number of rotatable bonds is 7. The van der Waals surface area contributed by atoms with Crippen LogP contribution >= 0.6 is 35.6 Å². The molecule has 31 heavy (non-hydrogen) atoms. The van der Waals surface area contributed by atoms with Crippen molar-refractivity contribution in [2.75, 3.05) is 19.6 Å². The van der Waals surface area contributed by atoms with Crippen molar-refractivity contribution in [3.63, 3.8) is 0 Å². The predicted octanol–water partition coefficient (Wildman–Crippen LogP) is 4.41. The number of carbonyl (C=O) groups excluding carboxylic acids is 1. The van der Waals surface area contributed by atoms with Gasteiger partial charge in [0.2, 0.25) is 5.91 Å². The average molecular weight is 571 g/mol. The molecule has 0 bridgehead atoms. The van der Waals surface area contributed by atoms with Crippen LogP contribution in [0.15, 0.2) is 23.2 Å². The first-order valence-corrected chi connectivity index (χ1v) is 10.9. The second kappa shape index (κ2) is 12.6. The Morgan fingerprint density at radius 2 is 2.06 bits per heavy atom. The van der Waals surface area contributed by atoms with Gasteiger partial charge in [-0.3, -0.25) is 4.79 Å². The molecular formula is C21H30ClF2IN4O2. The number of ether oxygens (including phenoxy) is 1. The third kappa shape index (κ3) is 7.62. The highest BCUT2D eigenvalue weighted by molar-refractivity contribution is 14.0. The van der Waals surface area contributed by atoms with E-state index in [0.29, 0.717) is 29.6 Å². The third-order valence-electron chi connectivity index (χ3n) is 5.54. The molecule has 1 aromatic carbocycles. The predicted molar refractivity (Wildman–Crippen MR) is 128 cm³/mol. The molecule has 1 unspecified atom stereocenters. The number of carbonyl (C=O) groups is 1. The zero-order chi connectivity index (χ0) is 21.5. The van der Waals surface area contributed by atoms with Crippen molar-refractivity contribution in [3.8, 4) is 5.75 Å². The molecule has 1 atom stereocenters. The van der Waals surface area contributed by atoms with Crippen LogP contribution in [0.3, 0.4) is 0 Å². The molecule has 0 radical (unpaired) electrons. The standard InChI is InChI=1S/C21H29ClF2N4O2.HI/c1-2-25-21(26-12-15-11-16(22)7-8-18(15)30-20(23)24)27-17-9-10-28(13-17)19(29)14-5-3-4-6-14;/h7-8,11,14,17,20H,2-6,9-10,12-13H2,1H3,(H2,25,26,27);1H. The zero-order valence-corrected chi connectivity index (χ0v) is 20.7. The summed E-state index contributed by atoms with van der Waals surface area (Å²) in [5, 5.41) is 6.96. The summed E-state index contributed by atoms with van der Waals surface area (Å²) in [6, 6.07) is 4.60. The Labute approximate surface area is 204 Å². The van der Waals surface area contributed by atoms with Gasteiger partial charge in [-0.05, 0) is 44.4 Å². The van der Waals surface area contributed by atoms with Gasteiger partial charge in [0.1, 0.15) is 5.75 Å². The summed E-state index contributed by atoms with van der Waals surface area (Å²) in [4.78, 5) is 19.1. The van der Waals surface area contributed by atoms with Gasteiger partial charge >= 0.3 is 6.61 Å². The number of benzene rings is 1. The van der Waals surface area contributed by atoms with E-state index < -0.39 is 6.61 Å². The Hall–Kier alpha value is -1.36. The number of likely N-dealkylation sites (tertiary alicyclic amines) is 1. The monoisotopic (exact) mass is 570 g/mol. The first-order chi connectivity index (χ1) is 14.5. The fraction of sp³-hybridized carbons (Fsp3) is 0.619. The highest BCUT2D eigenvalue weighted by Crippen LogP contribution is 2.28. The Morgan fingerprint density at radius 3 is 2.74 bits per heavy atom. The average Bonchev–Trinajstić information content (AvgIpc) is 3.39. The number of amides is 1. The molecule has 1 heterocycles.